The summed E-state index contributed by atoms with van der Waals surface area (Å²) in [6.45, 7) is 7.91. The highest BCUT2D eigenvalue weighted by Gasteiger charge is 2.25. The van der Waals surface area contributed by atoms with Gasteiger partial charge in [0.05, 0.1) is 0 Å². The molecule has 0 aliphatic heterocycles. The normalized spacial score (nSPS) is 12.8. The van der Waals surface area contributed by atoms with Crippen molar-refractivity contribution in [2.75, 3.05) is 13.1 Å². The fourth-order valence-corrected chi connectivity index (χ4v) is 2.83. The van der Waals surface area contributed by atoms with Crippen molar-refractivity contribution in [1.82, 2.24) is 20.9 Å². The molecule has 0 fully saturated rings. The molecule has 0 radical (unpaired) electrons. The number of nitrogens with two attached hydrogens (primary N) is 1. The molecule has 6 amide bonds. The van der Waals surface area contributed by atoms with Crippen LogP contribution in [-0.4, -0.2) is 60.2 Å². The van der Waals surface area contributed by atoms with Crippen molar-refractivity contribution in [2.45, 2.75) is 71.9 Å². The van der Waals surface area contributed by atoms with Crippen molar-refractivity contribution in [3.05, 3.63) is 12.2 Å². The third-order valence-corrected chi connectivity index (χ3v) is 4.54. The predicted molar refractivity (Wildman–Crippen MR) is 118 cm³/mol. The van der Waals surface area contributed by atoms with Crippen molar-refractivity contribution in [2.24, 2.45) is 11.7 Å². The molecule has 5 N–H and O–H groups in total. The molecule has 2 atom stereocenters. The number of urea groups is 1. The molecule has 0 aromatic rings. The van der Waals surface area contributed by atoms with Gasteiger partial charge in [-0.2, -0.15) is 0 Å². The molecular formula is C21H37N5O5. The maximum absolute atomic E-state index is 12.6. The maximum Gasteiger partial charge on any atom is 0.312 e. The van der Waals surface area contributed by atoms with Crippen molar-refractivity contribution < 1.29 is 24.0 Å². The Kier molecular flexibility index (Phi) is 14.4. The van der Waals surface area contributed by atoms with Gasteiger partial charge in [0, 0.05) is 25.6 Å². The Hall–Kier alpha value is -2.91. The van der Waals surface area contributed by atoms with E-state index in [1.165, 1.54) is 6.08 Å². The van der Waals surface area contributed by atoms with Gasteiger partial charge in [-0.25, -0.2) is 4.79 Å². The standard InChI is InChI=1S/C21H37N5O5/c1-5-9-18(29)26(14-27)13-7-6-11-17(28)25-19(15(2)3)20(30)24-16(4)10-8-12-23-21(22)31/h5,9,14-16,19H,6-8,10-13H2,1-4H3,(H,24,30)(H,25,28)(H3,22,23,31)/b9-5-. The smallest absolute Gasteiger partial charge is 0.312 e. The van der Waals surface area contributed by atoms with E-state index >= 15 is 0 Å². The van der Waals surface area contributed by atoms with Crippen LogP contribution in [0.3, 0.4) is 0 Å². The van der Waals surface area contributed by atoms with Gasteiger partial charge in [-0.3, -0.25) is 24.1 Å². The summed E-state index contributed by atoms with van der Waals surface area (Å²) in [5.41, 5.74) is 5.00. The number of nitrogens with one attached hydrogen (secondary N) is 3. The first-order valence-corrected chi connectivity index (χ1v) is 10.6. The zero-order valence-electron chi connectivity index (χ0n) is 19.0. The fraction of sp³-hybridized carbons (Fsp3) is 0.667. The lowest BCUT2D eigenvalue weighted by atomic mass is 10.0. The summed E-state index contributed by atoms with van der Waals surface area (Å²) in [7, 11) is 0. The molecule has 0 aliphatic rings. The third kappa shape index (κ3) is 13.1. The van der Waals surface area contributed by atoms with Crippen LogP contribution in [0.25, 0.3) is 0 Å². The highest BCUT2D eigenvalue weighted by molar-refractivity contribution is 5.94. The maximum atomic E-state index is 12.6. The Labute approximate surface area is 184 Å². The van der Waals surface area contributed by atoms with E-state index < -0.39 is 18.0 Å². The number of hydrogen-bond acceptors (Lipinski definition) is 5. The van der Waals surface area contributed by atoms with E-state index in [9.17, 15) is 24.0 Å². The van der Waals surface area contributed by atoms with Gasteiger partial charge >= 0.3 is 6.03 Å². The Morgan fingerprint density at radius 2 is 1.71 bits per heavy atom. The molecule has 0 bridgehead atoms. The van der Waals surface area contributed by atoms with E-state index in [4.69, 9.17) is 5.73 Å². The summed E-state index contributed by atoms with van der Waals surface area (Å²) in [5.74, 6) is -1.01. The number of amides is 6. The van der Waals surface area contributed by atoms with Crippen LogP contribution in [0.2, 0.25) is 0 Å². The Morgan fingerprint density at radius 1 is 1.03 bits per heavy atom. The molecular weight excluding hydrogens is 402 g/mol. The lowest BCUT2D eigenvalue weighted by Crippen LogP contribution is -2.51. The van der Waals surface area contributed by atoms with Crippen molar-refractivity contribution in [3.8, 4) is 0 Å². The highest BCUT2D eigenvalue weighted by Crippen LogP contribution is 2.06. The van der Waals surface area contributed by atoms with Gasteiger partial charge in [0.2, 0.25) is 18.2 Å². The number of carbonyl (C=O) groups excluding carboxylic acids is 5. The van der Waals surface area contributed by atoms with E-state index in [1.54, 1.807) is 13.0 Å². The van der Waals surface area contributed by atoms with Gasteiger partial charge in [-0.15, -0.1) is 0 Å². The summed E-state index contributed by atoms with van der Waals surface area (Å²) in [6, 6.07) is -1.37. The lowest BCUT2D eigenvalue weighted by Gasteiger charge is -2.24. The first kappa shape index (κ1) is 28.1. The molecule has 0 saturated carbocycles. The van der Waals surface area contributed by atoms with Gasteiger partial charge in [0.15, 0.2) is 0 Å². The first-order valence-electron chi connectivity index (χ1n) is 10.6. The van der Waals surface area contributed by atoms with E-state index in [0.717, 1.165) is 4.90 Å². The summed E-state index contributed by atoms with van der Waals surface area (Å²) in [4.78, 5) is 59.2. The fourth-order valence-electron chi connectivity index (χ4n) is 2.83. The van der Waals surface area contributed by atoms with Crippen LogP contribution in [0.4, 0.5) is 4.79 Å². The van der Waals surface area contributed by atoms with Crippen LogP contribution in [0.5, 0.6) is 0 Å². The van der Waals surface area contributed by atoms with E-state index in [-0.39, 0.29) is 36.7 Å². The number of allylic oxidation sites excluding steroid dienone is 1. The number of hydrogen-bond donors (Lipinski definition) is 4. The minimum Gasteiger partial charge on any atom is -0.352 e. The van der Waals surface area contributed by atoms with E-state index in [2.05, 4.69) is 16.0 Å². The second kappa shape index (κ2) is 15.9. The number of primary amides is 1. The monoisotopic (exact) mass is 439 g/mol. The minimum absolute atomic E-state index is 0.100. The number of unbranched alkanes of at least 4 members (excludes halogenated alkanes) is 1. The SMILES string of the molecule is C/C=C\C(=O)N(C=O)CCCCC(=O)NC(C(=O)NC(C)CCCNC(N)=O)C(C)C. The van der Waals surface area contributed by atoms with Crippen LogP contribution in [0, 0.1) is 5.92 Å². The quantitative estimate of drug-likeness (QED) is 0.169. The van der Waals surface area contributed by atoms with Gasteiger partial charge in [0.1, 0.15) is 6.04 Å². The van der Waals surface area contributed by atoms with Crippen LogP contribution in [0.15, 0.2) is 12.2 Å². The molecule has 0 aromatic carbocycles. The predicted octanol–water partition coefficient (Wildman–Crippen LogP) is 0.812. The van der Waals surface area contributed by atoms with Gasteiger partial charge in [0.25, 0.3) is 5.91 Å². The molecule has 31 heavy (non-hydrogen) atoms. The number of carbonyl (C=O) groups is 5. The van der Waals surface area contributed by atoms with Crippen LogP contribution >= 0.6 is 0 Å². The first-order chi connectivity index (χ1) is 14.6. The highest BCUT2D eigenvalue weighted by atomic mass is 16.2. The zero-order valence-corrected chi connectivity index (χ0v) is 19.0. The minimum atomic E-state index is -0.665. The van der Waals surface area contributed by atoms with Crippen molar-refractivity contribution >= 4 is 30.2 Å². The third-order valence-electron chi connectivity index (χ3n) is 4.54. The van der Waals surface area contributed by atoms with Gasteiger partial charge in [-0.05, 0) is 51.5 Å². The second-order valence-corrected chi connectivity index (χ2v) is 7.73. The number of rotatable bonds is 15. The van der Waals surface area contributed by atoms with Crippen LogP contribution in [0.1, 0.15) is 59.8 Å². The molecule has 0 aromatic heterocycles. The molecule has 0 saturated heterocycles. The van der Waals surface area contributed by atoms with Crippen LogP contribution in [-0.2, 0) is 19.2 Å². The van der Waals surface area contributed by atoms with E-state index in [1.807, 2.05) is 20.8 Å². The van der Waals surface area contributed by atoms with E-state index in [0.29, 0.717) is 38.6 Å². The molecule has 10 heteroatoms. The Balaban J connectivity index is 4.41. The topological polar surface area (TPSA) is 151 Å². The number of imide groups is 1. The van der Waals surface area contributed by atoms with Crippen molar-refractivity contribution in [3.63, 3.8) is 0 Å². The average Bonchev–Trinajstić information content (AvgIpc) is 2.69. The molecule has 0 aliphatic carbocycles. The summed E-state index contributed by atoms with van der Waals surface area (Å²) in [5, 5.41) is 8.14. The average molecular weight is 440 g/mol. The van der Waals surface area contributed by atoms with Gasteiger partial charge in [-0.1, -0.05) is 19.9 Å². The molecule has 0 heterocycles. The molecule has 0 spiro atoms. The Bertz CT molecular complexity index is 636. The number of nitrogens with zero attached hydrogens (tertiary/aromatic N) is 1. The van der Waals surface area contributed by atoms with Crippen molar-refractivity contribution in [1.29, 1.82) is 0 Å². The summed E-state index contributed by atoms with van der Waals surface area (Å²) >= 11 is 0. The molecule has 10 nitrogen and oxygen atoms in total. The summed E-state index contributed by atoms with van der Waals surface area (Å²) in [6.07, 6.45) is 5.83. The molecule has 2 unspecified atom stereocenters. The molecule has 0 rings (SSSR count). The zero-order chi connectivity index (χ0) is 23.8. The second-order valence-electron chi connectivity index (χ2n) is 7.73. The Morgan fingerprint density at radius 3 is 2.26 bits per heavy atom. The van der Waals surface area contributed by atoms with Crippen LogP contribution < -0.4 is 21.7 Å². The summed E-state index contributed by atoms with van der Waals surface area (Å²) < 4.78 is 0. The lowest BCUT2D eigenvalue weighted by molar-refractivity contribution is -0.134. The molecule has 176 valence electrons. The largest absolute Gasteiger partial charge is 0.352 e. The van der Waals surface area contributed by atoms with Gasteiger partial charge < -0.3 is 21.7 Å².